The maximum Gasteiger partial charge on any atom is 0.145 e. The van der Waals surface area contributed by atoms with E-state index in [4.69, 9.17) is 5.73 Å². The van der Waals surface area contributed by atoms with Crippen molar-refractivity contribution in [3.8, 4) is 0 Å². The molecule has 0 unspecified atom stereocenters. The predicted octanol–water partition coefficient (Wildman–Crippen LogP) is 4.24. The van der Waals surface area contributed by atoms with Crippen LogP contribution < -0.4 is 5.73 Å². The highest BCUT2D eigenvalue weighted by Gasteiger charge is 2.34. The zero-order chi connectivity index (χ0) is 12.5. The van der Waals surface area contributed by atoms with Gasteiger partial charge in [-0.15, -0.1) is 0 Å². The van der Waals surface area contributed by atoms with Gasteiger partial charge in [-0.25, -0.2) is 8.78 Å². The fraction of sp³-hybridized carbons (Fsp3) is 0.538. The number of halogens is 3. The molecule has 0 heterocycles. The summed E-state index contributed by atoms with van der Waals surface area (Å²) in [6.07, 6.45) is 5.35. The van der Waals surface area contributed by atoms with Crippen LogP contribution in [0.25, 0.3) is 0 Å². The molecule has 0 aromatic heterocycles. The van der Waals surface area contributed by atoms with E-state index in [-0.39, 0.29) is 10.0 Å². The molecule has 1 fully saturated rings. The van der Waals surface area contributed by atoms with E-state index < -0.39 is 17.2 Å². The molecular weight excluding hydrogens is 288 g/mol. The average Bonchev–Trinajstić information content (AvgIpc) is 2.50. The van der Waals surface area contributed by atoms with Gasteiger partial charge < -0.3 is 5.73 Å². The van der Waals surface area contributed by atoms with Crippen LogP contribution in [0.3, 0.4) is 0 Å². The summed E-state index contributed by atoms with van der Waals surface area (Å²) in [5.74, 6) is -1.08. The average molecular weight is 304 g/mol. The summed E-state index contributed by atoms with van der Waals surface area (Å²) in [5.41, 5.74) is 5.45. The Morgan fingerprint density at radius 3 is 2.24 bits per heavy atom. The zero-order valence-corrected chi connectivity index (χ0v) is 11.2. The lowest BCUT2D eigenvalue weighted by molar-refractivity contribution is 0.349. The van der Waals surface area contributed by atoms with E-state index in [0.29, 0.717) is 12.8 Å². The summed E-state index contributed by atoms with van der Waals surface area (Å²) >= 11 is 3.09. The third-order valence-electron chi connectivity index (χ3n) is 3.54. The molecule has 1 aliphatic carbocycles. The van der Waals surface area contributed by atoms with Crippen LogP contribution in [0.15, 0.2) is 16.6 Å². The summed E-state index contributed by atoms with van der Waals surface area (Å²) in [6, 6.07) is 2.66. The Kier molecular flexibility index (Phi) is 3.83. The van der Waals surface area contributed by atoms with Gasteiger partial charge in [0.2, 0.25) is 0 Å². The van der Waals surface area contributed by atoms with Crippen molar-refractivity contribution in [3.05, 3.63) is 33.8 Å². The van der Waals surface area contributed by atoms with Gasteiger partial charge in [0.1, 0.15) is 11.6 Å². The first-order valence-electron chi connectivity index (χ1n) is 5.97. The van der Waals surface area contributed by atoms with Crippen molar-refractivity contribution in [1.29, 1.82) is 0 Å². The standard InChI is InChI=1S/C13H16BrF2N/c14-9-5-6-10(15)11(12(9)16)13(17)7-3-1-2-4-8-13/h5-6H,1-4,7-8,17H2. The van der Waals surface area contributed by atoms with Crippen molar-refractivity contribution in [1.82, 2.24) is 0 Å². The molecule has 1 aromatic rings. The van der Waals surface area contributed by atoms with Crippen molar-refractivity contribution >= 4 is 15.9 Å². The molecule has 0 spiro atoms. The van der Waals surface area contributed by atoms with Crippen LogP contribution >= 0.6 is 15.9 Å². The van der Waals surface area contributed by atoms with Crippen LogP contribution in [0, 0.1) is 11.6 Å². The quantitative estimate of drug-likeness (QED) is 0.609. The van der Waals surface area contributed by atoms with Crippen LogP contribution in [0.4, 0.5) is 8.78 Å². The van der Waals surface area contributed by atoms with E-state index in [1.54, 1.807) is 0 Å². The molecule has 4 heteroatoms. The maximum atomic E-state index is 14.1. The summed E-state index contributed by atoms with van der Waals surface area (Å²) in [5, 5.41) is 0. The van der Waals surface area contributed by atoms with Gasteiger partial charge in [-0.2, -0.15) is 0 Å². The van der Waals surface area contributed by atoms with Gasteiger partial charge in [-0.3, -0.25) is 0 Å². The molecule has 1 aliphatic rings. The van der Waals surface area contributed by atoms with Crippen LogP contribution in [-0.4, -0.2) is 0 Å². The Labute approximate surface area is 109 Å². The highest BCUT2D eigenvalue weighted by atomic mass is 79.9. The van der Waals surface area contributed by atoms with Gasteiger partial charge in [0, 0.05) is 11.1 Å². The molecule has 0 atom stereocenters. The molecule has 1 saturated carbocycles. The summed E-state index contributed by atoms with van der Waals surface area (Å²) in [4.78, 5) is 0. The van der Waals surface area contributed by atoms with Gasteiger partial charge in [0.25, 0.3) is 0 Å². The molecule has 2 N–H and O–H groups in total. The number of rotatable bonds is 1. The molecule has 1 aromatic carbocycles. The lowest BCUT2D eigenvalue weighted by atomic mass is 9.83. The van der Waals surface area contributed by atoms with E-state index >= 15 is 0 Å². The van der Waals surface area contributed by atoms with Gasteiger partial charge in [-0.05, 0) is 40.9 Å². The second-order valence-corrected chi connectivity index (χ2v) is 5.64. The molecule has 94 valence electrons. The Balaban J connectivity index is 2.47. The molecule has 0 aliphatic heterocycles. The Hall–Kier alpha value is -0.480. The third kappa shape index (κ3) is 2.52. The van der Waals surface area contributed by atoms with Crippen molar-refractivity contribution in [2.75, 3.05) is 0 Å². The van der Waals surface area contributed by atoms with Gasteiger partial charge in [0.05, 0.1) is 4.47 Å². The first-order valence-corrected chi connectivity index (χ1v) is 6.77. The number of nitrogens with two attached hydrogens (primary N) is 1. The van der Waals surface area contributed by atoms with Crippen LogP contribution in [0.5, 0.6) is 0 Å². The van der Waals surface area contributed by atoms with Gasteiger partial charge >= 0.3 is 0 Å². The number of benzene rings is 1. The lowest BCUT2D eigenvalue weighted by Crippen LogP contribution is -2.38. The maximum absolute atomic E-state index is 14.1. The highest BCUT2D eigenvalue weighted by Crippen LogP contribution is 2.38. The minimum atomic E-state index is -0.853. The molecular formula is C13H16BrF2N. The molecule has 0 saturated heterocycles. The van der Waals surface area contributed by atoms with Crippen molar-refractivity contribution in [2.45, 2.75) is 44.1 Å². The normalized spacial score (nSPS) is 20.0. The fourth-order valence-corrected chi connectivity index (χ4v) is 2.92. The molecule has 0 bridgehead atoms. The van der Waals surface area contributed by atoms with Crippen LogP contribution in [-0.2, 0) is 5.54 Å². The van der Waals surface area contributed by atoms with E-state index in [9.17, 15) is 8.78 Å². The van der Waals surface area contributed by atoms with Crippen LogP contribution in [0.1, 0.15) is 44.1 Å². The lowest BCUT2D eigenvalue weighted by Gasteiger charge is -2.29. The first kappa shape index (κ1) is 13.0. The molecule has 1 nitrogen and oxygen atoms in total. The second kappa shape index (κ2) is 5.02. The molecule has 2 rings (SSSR count). The van der Waals surface area contributed by atoms with Crippen molar-refractivity contribution in [3.63, 3.8) is 0 Å². The summed E-state index contributed by atoms with van der Waals surface area (Å²) in [7, 11) is 0. The molecule has 17 heavy (non-hydrogen) atoms. The second-order valence-electron chi connectivity index (χ2n) is 4.79. The van der Waals surface area contributed by atoms with Gasteiger partial charge in [0.15, 0.2) is 0 Å². The zero-order valence-electron chi connectivity index (χ0n) is 9.61. The summed E-state index contributed by atoms with van der Waals surface area (Å²) < 4.78 is 28.2. The number of hydrogen-bond acceptors (Lipinski definition) is 1. The smallest absolute Gasteiger partial charge is 0.145 e. The Morgan fingerprint density at radius 2 is 1.65 bits per heavy atom. The topological polar surface area (TPSA) is 26.0 Å². The van der Waals surface area contributed by atoms with E-state index in [1.165, 1.54) is 12.1 Å². The largest absolute Gasteiger partial charge is 0.321 e. The Morgan fingerprint density at radius 1 is 1.06 bits per heavy atom. The first-order chi connectivity index (χ1) is 8.04. The SMILES string of the molecule is NC1(c2c(F)ccc(Br)c2F)CCCCCC1. The molecule has 0 radical (unpaired) electrons. The highest BCUT2D eigenvalue weighted by molar-refractivity contribution is 9.10. The monoisotopic (exact) mass is 303 g/mol. The minimum absolute atomic E-state index is 0.0498. The fourth-order valence-electron chi connectivity index (χ4n) is 2.59. The third-order valence-corrected chi connectivity index (χ3v) is 4.15. The summed E-state index contributed by atoms with van der Waals surface area (Å²) in [6.45, 7) is 0. The minimum Gasteiger partial charge on any atom is -0.321 e. The molecule has 0 amide bonds. The van der Waals surface area contributed by atoms with Crippen molar-refractivity contribution < 1.29 is 8.78 Å². The van der Waals surface area contributed by atoms with Gasteiger partial charge in [-0.1, -0.05) is 25.7 Å². The Bertz CT molecular complexity index is 412. The van der Waals surface area contributed by atoms with Crippen molar-refractivity contribution in [2.24, 2.45) is 5.73 Å². The van der Waals surface area contributed by atoms with E-state index in [0.717, 1.165) is 25.7 Å². The van der Waals surface area contributed by atoms with Crippen LogP contribution in [0.2, 0.25) is 0 Å². The number of hydrogen-bond donors (Lipinski definition) is 1. The van der Waals surface area contributed by atoms with E-state index in [2.05, 4.69) is 15.9 Å². The van der Waals surface area contributed by atoms with E-state index in [1.807, 2.05) is 0 Å². The predicted molar refractivity (Wildman–Crippen MR) is 67.6 cm³/mol.